The van der Waals surface area contributed by atoms with Gasteiger partial charge in [0.15, 0.2) is 11.6 Å². The third-order valence-corrected chi connectivity index (χ3v) is 1.59. The van der Waals surface area contributed by atoms with Crippen molar-refractivity contribution in [3.05, 3.63) is 23.8 Å². The first-order valence-corrected chi connectivity index (χ1v) is 4.14. The van der Waals surface area contributed by atoms with E-state index in [1.54, 1.807) is 6.92 Å². The van der Waals surface area contributed by atoms with Crippen molar-refractivity contribution >= 4 is 11.6 Å². The van der Waals surface area contributed by atoms with E-state index in [0.29, 0.717) is 12.3 Å². The van der Waals surface area contributed by atoms with E-state index in [2.05, 4.69) is 4.98 Å². The van der Waals surface area contributed by atoms with Gasteiger partial charge in [-0.05, 0) is 6.92 Å². The zero-order valence-electron chi connectivity index (χ0n) is 6.68. The molecule has 4 heteroatoms. The summed E-state index contributed by atoms with van der Waals surface area (Å²) in [6.07, 6.45) is 1.11. The third kappa shape index (κ3) is 2.08. The highest BCUT2D eigenvalue weighted by Gasteiger charge is 2.04. The second kappa shape index (κ2) is 4.26. The fraction of sp³-hybridized carbons (Fsp3) is 0.375. The summed E-state index contributed by atoms with van der Waals surface area (Å²) in [6.45, 7) is 2.23. The summed E-state index contributed by atoms with van der Waals surface area (Å²) in [4.78, 5) is 3.75. The predicted octanol–water partition coefficient (Wildman–Crippen LogP) is 2.36. The maximum Gasteiger partial charge on any atom is 0.183 e. The van der Waals surface area contributed by atoms with Crippen molar-refractivity contribution in [2.24, 2.45) is 0 Å². The molecule has 0 amide bonds. The van der Waals surface area contributed by atoms with Gasteiger partial charge in [0.25, 0.3) is 0 Å². The summed E-state index contributed by atoms with van der Waals surface area (Å²) < 4.78 is 17.9. The predicted molar refractivity (Wildman–Crippen MR) is 44.9 cm³/mol. The Kier molecular flexibility index (Phi) is 3.29. The Morgan fingerprint density at radius 1 is 1.67 bits per heavy atom. The van der Waals surface area contributed by atoms with Gasteiger partial charge < -0.3 is 4.74 Å². The Morgan fingerprint density at radius 3 is 3.00 bits per heavy atom. The summed E-state index contributed by atoms with van der Waals surface area (Å²) in [5.41, 5.74) is 0.613. The standard InChI is InChI=1S/C8H9ClFNO/c1-2-12-8-3-6(4-9)11-5-7(8)10/h3,5H,2,4H2,1H3. The number of halogens is 2. The van der Waals surface area contributed by atoms with E-state index in [-0.39, 0.29) is 11.6 Å². The molecule has 0 saturated carbocycles. The molecule has 0 aliphatic carbocycles. The van der Waals surface area contributed by atoms with E-state index >= 15 is 0 Å². The highest BCUT2D eigenvalue weighted by molar-refractivity contribution is 6.16. The number of pyridine rings is 1. The molecule has 0 bridgehead atoms. The van der Waals surface area contributed by atoms with Crippen LogP contribution in [0.1, 0.15) is 12.6 Å². The molecule has 0 unspecified atom stereocenters. The quantitative estimate of drug-likeness (QED) is 0.681. The van der Waals surface area contributed by atoms with Crippen molar-refractivity contribution in [2.45, 2.75) is 12.8 Å². The lowest BCUT2D eigenvalue weighted by molar-refractivity contribution is 0.320. The van der Waals surface area contributed by atoms with E-state index in [4.69, 9.17) is 16.3 Å². The molecule has 2 nitrogen and oxygen atoms in total. The number of nitrogens with zero attached hydrogens (tertiary/aromatic N) is 1. The van der Waals surface area contributed by atoms with Gasteiger partial charge in [0.1, 0.15) is 0 Å². The highest BCUT2D eigenvalue weighted by Crippen LogP contribution is 2.17. The normalized spacial score (nSPS) is 9.92. The minimum absolute atomic E-state index is 0.211. The summed E-state index contributed by atoms with van der Waals surface area (Å²) in [7, 11) is 0. The van der Waals surface area contributed by atoms with Crippen LogP contribution in [-0.4, -0.2) is 11.6 Å². The molecule has 0 aromatic carbocycles. The monoisotopic (exact) mass is 189 g/mol. The van der Waals surface area contributed by atoms with Gasteiger partial charge in [0.2, 0.25) is 0 Å². The van der Waals surface area contributed by atoms with Crippen LogP contribution in [0.4, 0.5) is 4.39 Å². The summed E-state index contributed by atoms with van der Waals surface area (Å²) in [5, 5.41) is 0. The maximum absolute atomic E-state index is 12.9. The molecule has 0 aliphatic rings. The Labute approximate surface area is 75.3 Å². The number of alkyl halides is 1. The minimum Gasteiger partial charge on any atom is -0.491 e. The van der Waals surface area contributed by atoms with Gasteiger partial charge in [0, 0.05) is 6.07 Å². The molecule has 0 spiro atoms. The second-order valence-corrected chi connectivity index (χ2v) is 2.44. The van der Waals surface area contributed by atoms with Crippen LogP contribution in [0.5, 0.6) is 5.75 Å². The Hall–Kier alpha value is -0.830. The van der Waals surface area contributed by atoms with Gasteiger partial charge in [-0.1, -0.05) is 0 Å². The lowest BCUT2D eigenvalue weighted by atomic mass is 10.3. The smallest absolute Gasteiger partial charge is 0.183 e. The van der Waals surface area contributed by atoms with E-state index < -0.39 is 5.82 Å². The van der Waals surface area contributed by atoms with Gasteiger partial charge in [-0.25, -0.2) is 4.39 Å². The molecule has 12 heavy (non-hydrogen) atoms. The van der Waals surface area contributed by atoms with Gasteiger partial charge in [-0.3, -0.25) is 4.98 Å². The number of aromatic nitrogens is 1. The summed E-state index contributed by atoms with van der Waals surface area (Å²) in [6, 6.07) is 1.51. The number of hydrogen-bond acceptors (Lipinski definition) is 2. The van der Waals surface area contributed by atoms with Gasteiger partial charge in [-0.15, -0.1) is 11.6 Å². The largest absolute Gasteiger partial charge is 0.491 e. The van der Waals surface area contributed by atoms with Crippen molar-refractivity contribution in [3.8, 4) is 5.75 Å². The molecule has 0 radical (unpaired) electrons. The fourth-order valence-corrected chi connectivity index (χ4v) is 0.946. The van der Waals surface area contributed by atoms with Crippen LogP contribution in [0, 0.1) is 5.82 Å². The van der Waals surface area contributed by atoms with Crippen LogP contribution in [-0.2, 0) is 5.88 Å². The van der Waals surface area contributed by atoms with Crippen molar-refractivity contribution < 1.29 is 9.13 Å². The molecule has 0 fully saturated rings. The topological polar surface area (TPSA) is 22.1 Å². The lowest BCUT2D eigenvalue weighted by Crippen LogP contribution is -1.97. The molecule has 0 atom stereocenters. The van der Waals surface area contributed by atoms with Crippen LogP contribution in [0.15, 0.2) is 12.3 Å². The van der Waals surface area contributed by atoms with Crippen LogP contribution in [0.2, 0.25) is 0 Å². The molecule has 0 saturated heterocycles. The van der Waals surface area contributed by atoms with E-state index in [0.717, 1.165) is 6.20 Å². The van der Waals surface area contributed by atoms with Crippen molar-refractivity contribution in [2.75, 3.05) is 6.61 Å². The van der Waals surface area contributed by atoms with Gasteiger partial charge >= 0.3 is 0 Å². The van der Waals surface area contributed by atoms with Crippen LogP contribution in [0.3, 0.4) is 0 Å². The zero-order valence-corrected chi connectivity index (χ0v) is 7.44. The van der Waals surface area contributed by atoms with Crippen molar-refractivity contribution in [1.29, 1.82) is 0 Å². The van der Waals surface area contributed by atoms with E-state index in [9.17, 15) is 4.39 Å². The van der Waals surface area contributed by atoms with Gasteiger partial charge in [-0.2, -0.15) is 0 Å². The molecule has 1 heterocycles. The molecule has 1 aromatic heterocycles. The molecule has 0 N–H and O–H groups in total. The van der Waals surface area contributed by atoms with Crippen molar-refractivity contribution in [1.82, 2.24) is 4.98 Å². The molecule has 1 aromatic rings. The molecule has 0 aliphatic heterocycles. The lowest BCUT2D eigenvalue weighted by Gasteiger charge is -2.04. The fourth-order valence-electron chi connectivity index (χ4n) is 0.800. The SMILES string of the molecule is CCOc1cc(CCl)ncc1F. The Morgan fingerprint density at radius 2 is 2.42 bits per heavy atom. The number of ether oxygens (including phenoxy) is 1. The summed E-state index contributed by atoms with van der Waals surface area (Å²) in [5.74, 6) is 0.0225. The molecular formula is C8H9ClFNO. The second-order valence-electron chi connectivity index (χ2n) is 2.17. The Balaban J connectivity index is 2.91. The molecular weight excluding hydrogens is 181 g/mol. The summed E-state index contributed by atoms with van der Waals surface area (Å²) >= 11 is 5.51. The number of hydrogen-bond donors (Lipinski definition) is 0. The van der Waals surface area contributed by atoms with Gasteiger partial charge in [0.05, 0.1) is 24.4 Å². The van der Waals surface area contributed by atoms with E-state index in [1.807, 2.05) is 0 Å². The minimum atomic E-state index is -0.453. The molecule has 1 rings (SSSR count). The highest BCUT2D eigenvalue weighted by atomic mass is 35.5. The molecule has 66 valence electrons. The average Bonchev–Trinajstić information content (AvgIpc) is 2.09. The van der Waals surface area contributed by atoms with Crippen molar-refractivity contribution in [3.63, 3.8) is 0 Å². The van der Waals surface area contributed by atoms with Crippen LogP contribution < -0.4 is 4.74 Å². The van der Waals surface area contributed by atoms with Crippen LogP contribution >= 0.6 is 11.6 Å². The van der Waals surface area contributed by atoms with Crippen LogP contribution in [0.25, 0.3) is 0 Å². The first-order valence-electron chi connectivity index (χ1n) is 3.61. The third-order valence-electron chi connectivity index (χ3n) is 1.31. The Bertz CT molecular complexity index is 267. The average molecular weight is 190 g/mol. The first kappa shape index (κ1) is 9.26. The number of rotatable bonds is 3. The zero-order chi connectivity index (χ0) is 8.97. The maximum atomic E-state index is 12.9. The first-order chi connectivity index (χ1) is 5.77. The van der Waals surface area contributed by atoms with E-state index in [1.165, 1.54) is 6.07 Å².